The molecule has 0 radical (unpaired) electrons. The highest BCUT2D eigenvalue weighted by molar-refractivity contribution is 5.59. The van der Waals surface area contributed by atoms with E-state index in [-0.39, 0.29) is 0 Å². The van der Waals surface area contributed by atoms with Crippen molar-refractivity contribution in [2.45, 2.75) is 13.8 Å². The lowest BCUT2D eigenvalue weighted by Gasteiger charge is -1.94. The quantitative estimate of drug-likeness (QED) is 0.581. The van der Waals surface area contributed by atoms with Gasteiger partial charge in [-0.15, -0.1) is 0 Å². The number of nitrogens with one attached hydrogen (secondary N) is 1. The lowest BCUT2D eigenvalue weighted by Crippen LogP contribution is -1.99. The molecule has 14 heavy (non-hydrogen) atoms. The predicted molar refractivity (Wildman–Crippen MR) is 60.2 cm³/mol. The highest BCUT2D eigenvalue weighted by Crippen LogP contribution is 2.01. The van der Waals surface area contributed by atoms with Crippen LogP contribution in [-0.2, 0) is 0 Å². The Morgan fingerprint density at radius 2 is 2.43 bits per heavy atom. The zero-order chi connectivity index (χ0) is 10.2. The molecule has 0 amide bonds. The van der Waals surface area contributed by atoms with Crippen LogP contribution in [0.3, 0.4) is 0 Å². The largest absolute Gasteiger partial charge is 0.353 e. The Balaban J connectivity index is 2.47. The molecule has 74 valence electrons. The fourth-order valence-corrected chi connectivity index (χ4v) is 1.00. The van der Waals surface area contributed by atoms with Crippen molar-refractivity contribution in [3.8, 4) is 0 Å². The summed E-state index contributed by atoms with van der Waals surface area (Å²) in [6.45, 7) is 4.77. The molecular formula is C11H15N3. The van der Waals surface area contributed by atoms with Crippen LogP contribution < -0.4 is 5.32 Å². The lowest BCUT2D eigenvalue weighted by atomic mass is 10.2. The van der Waals surface area contributed by atoms with E-state index in [0.29, 0.717) is 0 Å². The van der Waals surface area contributed by atoms with Gasteiger partial charge in [0, 0.05) is 24.6 Å². The minimum atomic E-state index is 0.801. The number of hydrogen-bond donors (Lipinski definition) is 1. The second-order valence-electron chi connectivity index (χ2n) is 2.86. The number of nitrogens with zero attached hydrogens (tertiary/aromatic N) is 2. The summed E-state index contributed by atoms with van der Waals surface area (Å²) in [5, 5.41) is 2.96. The van der Waals surface area contributed by atoms with Gasteiger partial charge in [-0.25, -0.2) is 0 Å². The molecule has 1 heterocycles. The van der Waals surface area contributed by atoms with Crippen LogP contribution in [0.4, 0.5) is 0 Å². The highest BCUT2D eigenvalue weighted by atomic mass is 14.9. The van der Waals surface area contributed by atoms with Crippen LogP contribution in [-0.4, -0.2) is 17.9 Å². The van der Waals surface area contributed by atoms with Crippen LogP contribution in [0.15, 0.2) is 29.5 Å². The third-order valence-corrected chi connectivity index (χ3v) is 1.64. The van der Waals surface area contributed by atoms with Crippen molar-refractivity contribution in [2.75, 3.05) is 6.54 Å². The van der Waals surface area contributed by atoms with Crippen molar-refractivity contribution < 1.29 is 0 Å². The van der Waals surface area contributed by atoms with E-state index in [9.17, 15) is 0 Å². The number of aromatic nitrogens is 1. The van der Waals surface area contributed by atoms with Gasteiger partial charge in [0.15, 0.2) is 0 Å². The van der Waals surface area contributed by atoms with Gasteiger partial charge in [0.05, 0.1) is 6.34 Å². The van der Waals surface area contributed by atoms with Crippen molar-refractivity contribution in [3.05, 3.63) is 35.8 Å². The molecule has 0 aromatic carbocycles. The molecule has 3 heteroatoms. The maximum Gasteiger partial charge on any atom is 0.0863 e. The Morgan fingerprint density at radius 1 is 1.57 bits per heavy atom. The molecule has 0 fully saturated rings. The zero-order valence-electron chi connectivity index (χ0n) is 8.57. The summed E-state index contributed by atoms with van der Waals surface area (Å²) in [6.07, 6.45) is 7.32. The highest BCUT2D eigenvalue weighted by Gasteiger charge is 1.86. The molecular weight excluding hydrogens is 174 g/mol. The monoisotopic (exact) mass is 189 g/mol. The van der Waals surface area contributed by atoms with E-state index in [1.54, 1.807) is 12.5 Å². The molecule has 0 unspecified atom stereocenters. The molecule has 1 rings (SSSR count). The number of hydrogen-bond acceptors (Lipinski definition) is 2. The minimum Gasteiger partial charge on any atom is -0.353 e. The molecule has 0 saturated carbocycles. The maximum atomic E-state index is 4.12. The summed E-state index contributed by atoms with van der Waals surface area (Å²) >= 11 is 0. The van der Waals surface area contributed by atoms with Gasteiger partial charge in [-0.3, -0.25) is 9.98 Å². The van der Waals surface area contributed by atoms with Crippen molar-refractivity contribution in [3.63, 3.8) is 0 Å². The average molecular weight is 189 g/mol. The number of aryl methyl sites for hydroxylation is 1. The van der Waals surface area contributed by atoms with Crippen LogP contribution in [0.25, 0.3) is 6.08 Å². The van der Waals surface area contributed by atoms with E-state index in [2.05, 4.69) is 15.3 Å². The molecule has 0 aliphatic rings. The summed E-state index contributed by atoms with van der Waals surface area (Å²) in [5.41, 5.74) is 2.16. The van der Waals surface area contributed by atoms with E-state index >= 15 is 0 Å². The fourth-order valence-electron chi connectivity index (χ4n) is 1.00. The van der Waals surface area contributed by atoms with E-state index in [1.165, 1.54) is 0 Å². The van der Waals surface area contributed by atoms with Crippen molar-refractivity contribution >= 4 is 12.4 Å². The summed E-state index contributed by atoms with van der Waals surface area (Å²) in [5.74, 6) is 0. The van der Waals surface area contributed by atoms with E-state index in [1.807, 2.05) is 38.3 Å². The first-order valence-electron chi connectivity index (χ1n) is 4.66. The van der Waals surface area contributed by atoms with Crippen LogP contribution >= 0.6 is 0 Å². The zero-order valence-corrected chi connectivity index (χ0v) is 8.57. The van der Waals surface area contributed by atoms with Crippen LogP contribution in [0.2, 0.25) is 0 Å². The van der Waals surface area contributed by atoms with E-state index < -0.39 is 0 Å². The summed E-state index contributed by atoms with van der Waals surface area (Å²) in [7, 11) is 0. The molecule has 0 saturated heterocycles. The van der Waals surface area contributed by atoms with Crippen LogP contribution in [0.5, 0.6) is 0 Å². The Hall–Kier alpha value is -1.64. The number of aliphatic imine (C=N–C) groups is 1. The Kier molecular flexibility index (Phi) is 4.41. The molecule has 1 N–H and O–H groups in total. The minimum absolute atomic E-state index is 0.801. The van der Waals surface area contributed by atoms with Gasteiger partial charge in [-0.1, -0.05) is 0 Å². The summed E-state index contributed by atoms with van der Waals surface area (Å²) < 4.78 is 0. The average Bonchev–Trinajstić information content (AvgIpc) is 2.18. The second-order valence-corrected chi connectivity index (χ2v) is 2.86. The summed E-state index contributed by atoms with van der Waals surface area (Å²) in [4.78, 5) is 8.14. The SMILES string of the molecule is CCN=CN/C=C\c1ccnc(C)c1. The molecule has 0 bridgehead atoms. The predicted octanol–water partition coefficient (Wildman–Crippen LogP) is 2.00. The smallest absolute Gasteiger partial charge is 0.0863 e. The molecule has 3 nitrogen and oxygen atoms in total. The van der Waals surface area contributed by atoms with E-state index in [0.717, 1.165) is 17.8 Å². The Bertz CT molecular complexity index is 329. The fraction of sp³-hybridized carbons (Fsp3) is 0.273. The van der Waals surface area contributed by atoms with Crippen molar-refractivity contribution in [2.24, 2.45) is 4.99 Å². The van der Waals surface area contributed by atoms with Crippen molar-refractivity contribution in [1.29, 1.82) is 0 Å². The molecule has 1 aromatic heterocycles. The van der Waals surface area contributed by atoms with Gasteiger partial charge < -0.3 is 5.32 Å². The first-order chi connectivity index (χ1) is 6.83. The van der Waals surface area contributed by atoms with Gasteiger partial charge in [-0.2, -0.15) is 0 Å². The topological polar surface area (TPSA) is 37.3 Å². The van der Waals surface area contributed by atoms with E-state index in [4.69, 9.17) is 0 Å². The first-order valence-corrected chi connectivity index (χ1v) is 4.66. The first kappa shape index (κ1) is 10.4. The molecule has 0 atom stereocenters. The van der Waals surface area contributed by atoms with Gasteiger partial charge in [0.25, 0.3) is 0 Å². The van der Waals surface area contributed by atoms with Gasteiger partial charge in [0.1, 0.15) is 0 Å². The molecule has 0 aliphatic carbocycles. The third-order valence-electron chi connectivity index (χ3n) is 1.64. The molecule has 0 aliphatic heterocycles. The Labute approximate surface area is 84.6 Å². The number of rotatable bonds is 4. The Morgan fingerprint density at radius 3 is 3.14 bits per heavy atom. The van der Waals surface area contributed by atoms with Crippen LogP contribution in [0.1, 0.15) is 18.2 Å². The van der Waals surface area contributed by atoms with Gasteiger partial charge in [-0.05, 0) is 37.6 Å². The standard InChI is InChI=1S/C11H15N3/c1-3-12-9-13-6-4-11-5-7-14-10(2)8-11/h4-9H,3H2,1-2H3,(H,12,13)/b6-4-. The van der Waals surface area contributed by atoms with Gasteiger partial charge in [0.2, 0.25) is 0 Å². The summed E-state index contributed by atoms with van der Waals surface area (Å²) in [6, 6.07) is 3.98. The van der Waals surface area contributed by atoms with Crippen LogP contribution in [0, 0.1) is 6.92 Å². The molecule has 1 aromatic rings. The normalized spacial score (nSPS) is 11.3. The number of pyridine rings is 1. The second kappa shape index (κ2) is 5.91. The van der Waals surface area contributed by atoms with Crippen molar-refractivity contribution in [1.82, 2.24) is 10.3 Å². The third kappa shape index (κ3) is 3.85. The lowest BCUT2D eigenvalue weighted by molar-refractivity contribution is 1.12. The maximum absolute atomic E-state index is 4.12. The molecule has 0 spiro atoms. The van der Waals surface area contributed by atoms with Gasteiger partial charge >= 0.3 is 0 Å².